The first kappa shape index (κ1) is 14.8. The quantitative estimate of drug-likeness (QED) is 0.574. The summed E-state index contributed by atoms with van der Waals surface area (Å²) in [4.78, 5) is 11.9. The van der Waals surface area contributed by atoms with Crippen LogP contribution in [0, 0.1) is 0 Å². The number of fused-ring (bicyclic) bond motifs is 1. The van der Waals surface area contributed by atoms with Crippen LogP contribution in [0.5, 0.6) is 5.75 Å². The van der Waals surface area contributed by atoms with Gasteiger partial charge < -0.3 is 5.11 Å². The van der Waals surface area contributed by atoms with Crippen LogP contribution in [-0.4, -0.2) is 17.2 Å². The smallest absolute Gasteiger partial charge is 0.244 e. The molecule has 2 N–H and O–H groups in total. The third-order valence-corrected chi connectivity index (χ3v) is 3.54. The molecule has 0 saturated carbocycles. The fraction of sp³-hybridized carbons (Fsp3) is 0.0526. The van der Waals surface area contributed by atoms with E-state index in [0.29, 0.717) is 5.56 Å². The van der Waals surface area contributed by atoms with Crippen molar-refractivity contribution in [3.63, 3.8) is 0 Å². The summed E-state index contributed by atoms with van der Waals surface area (Å²) < 4.78 is 0. The highest BCUT2D eigenvalue weighted by atomic mass is 16.3. The van der Waals surface area contributed by atoms with Crippen molar-refractivity contribution in [1.82, 2.24) is 5.43 Å². The summed E-state index contributed by atoms with van der Waals surface area (Å²) in [7, 11) is 0. The lowest BCUT2D eigenvalue weighted by molar-refractivity contribution is -0.120. The largest absolute Gasteiger partial charge is 0.507 e. The van der Waals surface area contributed by atoms with E-state index in [1.807, 2.05) is 60.7 Å². The molecule has 3 rings (SSSR count). The number of nitrogens with one attached hydrogen (secondary N) is 1. The number of hydrazone groups is 1. The van der Waals surface area contributed by atoms with Crippen molar-refractivity contribution in [3.05, 3.63) is 77.9 Å². The molecule has 0 saturated heterocycles. The number of hydrogen-bond donors (Lipinski definition) is 2. The predicted octanol–water partition coefficient (Wildman–Crippen LogP) is 3.24. The number of carbonyl (C=O) groups excluding carboxylic acids is 1. The Balaban J connectivity index is 1.73. The minimum atomic E-state index is -0.202. The molecule has 0 heterocycles. The zero-order valence-corrected chi connectivity index (χ0v) is 12.4. The van der Waals surface area contributed by atoms with Gasteiger partial charge in [-0.15, -0.1) is 0 Å². The Morgan fingerprint density at radius 2 is 1.74 bits per heavy atom. The van der Waals surface area contributed by atoms with Crippen LogP contribution in [0.25, 0.3) is 10.8 Å². The Hall–Kier alpha value is -3.14. The average molecular weight is 304 g/mol. The summed E-state index contributed by atoms with van der Waals surface area (Å²) in [5.41, 5.74) is 4.00. The summed E-state index contributed by atoms with van der Waals surface area (Å²) in [5.74, 6) is -0.0723. The maximum Gasteiger partial charge on any atom is 0.244 e. The van der Waals surface area contributed by atoms with E-state index in [1.165, 1.54) is 6.21 Å². The zero-order chi connectivity index (χ0) is 16.1. The van der Waals surface area contributed by atoms with Gasteiger partial charge in [0.2, 0.25) is 5.91 Å². The summed E-state index contributed by atoms with van der Waals surface area (Å²) in [5, 5.41) is 15.9. The van der Waals surface area contributed by atoms with Gasteiger partial charge in [0, 0.05) is 5.56 Å². The van der Waals surface area contributed by atoms with Gasteiger partial charge in [0.1, 0.15) is 5.75 Å². The zero-order valence-electron chi connectivity index (χ0n) is 12.4. The number of aromatic hydroxyl groups is 1. The SMILES string of the molecule is O=C(Cc1ccccc1)N/N=C/c1c(O)ccc2ccccc12. The number of phenolic OH excluding ortho intramolecular Hbond substituents is 1. The summed E-state index contributed by atoms with van der Waals surface area (Å²) >= 11 is 0. The molecule has 3 aromatic carbocycles. The monoisotopic (exact) mass is 304 g/mol. The van der Waals surface area contributed by atoms with Crippen molar-refractivity contribution in [2.24, 2.45) is 5.10 Å². The second-order valence-electron chi connectivity index (χ2n) is 5.18. The molecular formula is C19H16N2O2. The fourth-order valence-electron chi connectivity index (χ4n) is 2.41. The van der Waals surface area contributed by atoms with E-state index >= 15 is 0 Å². The van der Waals surface area contributed by atoms with Crippen LogP contribution in [0.2, 0.25) is 0 Å². The van der Waals surface area contributed by atoms with E-state index < -0.39 is 0 Å². The van der Waals surface area contributed by atoms with Crippen molar-refractivity contribution in [2.75, 3.05) is 0 Å². The maximum atomic E-state index is 11.9. The number of carbonyl (C=O) groups is 1. The van der Waals surface area contributed by atoms with Gasteiger partial charge in [-0.25, -0.2) is 5.43 Å². The molecule has 4 heteroatoms. The van der Waals surface area contributed by atoms with Gasteiger partial charge in [-0.05, 0) is 22.4 Å². The molecule has 0 aliphatic carbocycles. The lowest BCUT2D eigenvalue weighted by Crippen LogP contribution is -2.19. The van der Waals surface area contributed by atoms with E-state index in [9.17, 15) is 9.90 Å². The topological polar surface area (TPSA) is 61.7 Å². The van der Waals surface area contributed by atoms with Crippen molar-refractivity contribution in [2.45, 2.75) is 6.42 Å². The summed E-state index contributed by atoms with van der Waals surface area (Å²) in [6, 6.07) is 20.6. The lowest BCUT2D eigenvalue weighted by Gasteiger charge is -2.05. The summed E-state index contributed by atoms with van der Waals surface area (Å²) in [6.45, 7) is 0. The van der Waals surface area contributed by atoms with Gasteiger partial charge >= 0.3 is 0 Å². The molecule has 1 amide bonds. The van der Waals surface area contributed by atoms with Gasteiger partial charge in [-0.3, -0.25) is 4.79 Å². The predicted molar refractivity (Wildman–Crippen MR) is 91.5 cm³/mol. The first-order chi connectivity index (χ1) is 11.2. The first-order valence-corrected chi connectivity index (χ1v) is 7.30. The van der Waals surface area contributed by atoms with Gasteiger partial charge in [0.05, 0.1) is 12.6 Å². The van der Waals surface area contributed by atoms with Crippen LogP contribution >= 0.6 is 0 Å². The molecule has 0 fully saturated rings. The number of phenols is 1. The lowest BCUT2D eigenvalue weighted by atomic mass is 10.0. The van der Waals surface area contributed by atoms with Gasteiger partial charge in [-0.2, -0.15) is 5.10 Å². The van der Waals surface area contributed by atoms with Crippen LogP contribution in [0.3, 0.4) is 0 Å². The van der Waals surface area contributed by atoms with Crippen molar-refractivity contribution < 1.29 is 9.90 Å². The molecule has 23 heavy (non-hydrogen) atoms. The third kappa shape index (κ3) is 3.55. The number of rotatable bonds is 4. The van der Waals surface area contributed by atoms with Crippen molar-refractivity contribution in [3.8, 4) is 5.75 Å². The first-order valence-electron chi connectivity index (χ1n) is 7.30. The Morgan fingerprint density at radius 3 is 2.57 bits per heavy atom. The van der Waals surface area contributed by atoms with Crippen molar-refractivity contribution in [1.29, 1.82) is 0 Å². The molecule has 3 aromatic rings. The average Bonchev–Trinajstić information content (AvgIpc) is 2.58. The van der Waals surface area contributed by atoms with E-state index in [2.05, 4.69) is 10.5 Å². The molecule has 0 bridgehead atoms. The Morgan fingerprint density at radius 1 is 1.00 bits per heavy atom. The van der Waals surface area contributed by atoms with Gasteiger partial charge in [-0.1, -0.05) is 60.7 Å². The molecule has 4 nitrogen and oxygen atoms in total. The number of amides is 1. The van der Waals surface area contributed by atoms with E-state index in [0.717, 1.165) is 16.3 Å². The minimum Gasteiger partial charge on any atom is -0.507 e. The molecule has 0 unspecified atom stereocenters. The maximum absolute atomic E-state index is 11.9. The van der Waals surface area contributed by atoms with Crippen LogP contribution in [0.4, 0.5) is 0 Å². The molecule has 114 valence electrons. The highest BCUT2D eigenvalue weighted by molar-refractivity contribution is 6.02. The van der Waals surface area contributed by atoms with Crippen molar-refractivity contribution >= 4 is 22.9 Å². The number of benzene rings is 3. The number of hydrogen-bond acceptors (Lipinski definition) is 3. The molecule has 0 aromatic heterocycles. The Labute approximate surface area is 134 Å². The minimum absolute atomic E-state index is 0.129. The van der Waals surface area contributed by atoms with E-state index in [-0.39, 0.29) is 18.1 Å². The Kier molecular flexibility index (Phi) is 4.34. The fourth-order valence-corrected chi connectivity index (χ4v) is 2.41. The van der Waals surface area contributed by atoms with Gasteiger partial charge in [0.25, 0.3) is 0 Å². The van der Waals surface area contributed by atoms with Crippen LogP contribution in [0.1, 0.15) is 11.1 Å². The molecule has 0 aliphatic heterocycles. The molecule has 0 aliphatic rings. The highest BCUT2D eigenvalue weighted by Crippen LogP contribution is 2.25. The van der Waals surface area contributed by atoms with Crippen LogP contribution in [-0.2, 0) is 11.2 Å². The van der Waals surface area contributed by atoms with Gasteiger partial charge in [0.15, 0.2) is 0 Å². The van der Waals surface area contributed by atoms with Crippen LogP contribution in [0.15, 0.2) is 71.8 Å². The number of nitrogens with zero attached hydrogens (tertiary/aromatic N) is 1. The van der Waals surface area contributed by atoms with E-state index in [4.69, 9.17) is 0 Å². The second kappa shape index (κ2) is 6.75. The Bertz CT molecular complexity index is 858. The second-order valence-corrected chi connectivity index (χ2v) is 5.18. The normalized spacial score (nSPS) is 11.0. The third-order valence-electron chi connectivity index (χ3n) is 3.54. The summed E-state index contributed by atoms with van der Waals surface area (Å²) in [6.07, 6.45) is 1.74. The molecule has 0 spiro atoms. The van der Waals surface area contributed by atoms with Crippen LogP contribution < -0.4 is 5.43 Å². The highest BCUT2D eigenvalue weighted by Gasteiger charge is 2.05. The molecule has 0 atom stereocenters. The standard InChI is InChI=1S/C19H16N2O2/c22-18-11-10-15-8-4-5-9-16(15)17(18)13-20-21-19(23)12-14-6-2-1-3-7-14/h1-11,13,22H,12H2,(H,21,23)/b20-13+. The molecular weight excluding hydrogens is 288 g/mol. The molecule has 0 radical (unpaired) electrons. The van der Waals surface area contributed by atoms with E-state index in [1.54, 1.807) is 6.07 Å².